The molecular formula is C16H22N4O2. The van der Waals surface area contributed by atoms with E-state index in [1.807, 2.05) is 17.7 Å². The number of hydrogen-bond donors (Lipinski definition) is 0. The van der Waals surface area contributed by atoms with Gasteiger partial charge in [0.1, 0.15) is 0 Å². The van der Waals surface area contributed by atoms with Gasteiger partial charge in [-0.25, -0.2) is 0 Å². The fraction of sp³-hybridized carbons (Fsp3) is 0.562. The van der Waals surface area contributed by atoms with Crippen LogP contribution in [-0.2, 0) is 17.8 Å². The number of allylic oxidation sites excluding steroid dienone is 1. The predicted octanol–water partition coefficient (Wildman–Crippen LogP) is 1.08. The molecule has 0 N–H and O–H groups in total. The minimum absolute atomic E-state index is 0.0139. The Kier molecular flexibility index (Phi) is 4.27. The number of piperazine rings is 1. The lowest BCUT2D eigenvalue weighted by Gasteiger charge is -2.33. The Labute approximate surface area is 130 Å². The molecule has 0 unspecified atom stereocenters. The van der Waals surface area contributed by atoms with E-state index in [1.54, 1.807) is 22.0 Å². The highest BCUT2D eigenvalue weighted by Gasteiger charge is 2.26. The second kappa shape index (κ2) is 6.34. The number of carbonyl (C=O) groups excluding carboxylic acids is 2. The molecule has 2 amide bonds. The summed E-state index contributed by atoms with van der Waals surface area (Å²) in [6.07, 6.45) is 6.63. The molecule has 6 heteroatoms. The van der Waals surface area contributed by atoms with Crippen molar-refractivity contribution in [1.29, 1.82) is 0 Å². The maximum Gasteiger partial charge on any atom is 0.274 e. The van der Waals surface area contributed by atoms with Crippen LogP contribution in [0, 0.1) is 0 Å². The van der Waals surface area contributed by atoms with Crippen LogP contribution in [0.2, 0.25) is 0 Å². The Bertz CT molecular complexity index is 574. The average Bonchev–Trinajstić information content (AvgIpc) is 2.98. The van der Waals surface area contributed by atoms with Crippen molar-refractivity contribution < 1.29 is 9.59 Å². The van der Waals surface area contributed by atoms with Crippen LogP contribution in [0.5, 0.6) is 0 Å². The van der Waals surface area contributed by atoms with E-state index in [4.69, 9.17) is 0 Å². The first-order valence-corrected chi connectivity index (χ1v) is 7.96. The van der Waals surface area contributed by atoms with Gasteiger partial charge in [0.2, 0.25) is 5.91 Å². The third kappa shape index (κ3) is 2.91. The highest BCUT2D eigenvalue weighted by Crippen LogP contribution is 2.17. The van der Waals surface area contributed by atoms with Gasteiger partial charge in [-0.15, -0.1) is 0 Å². The second-order valence-corrected chi connectivity index (χ2v) is 5.82. The van der Waals surface area contributed by atoms with Crippen molar-refractivity contribution in [3.63, 3.8) is 0 Å². The van der Waals surface area contributed by atoms with Crippen LogP contribution in [0.3, 0.4) is 0 Å². The molecule has 0 saturated carbocycles. The minimum Gasteiger partial charge on any atom is -0.336 e. The number of rotatable bonds is 2. The molecule has 3 rings (SSSR count). The molecule has 118 valence electrons. The lowest BCUT2D eigenvalue weighted by atomic mass is 10.1. The SMILES string of the molecule is C/C=C/C(=O)N1CCN(C(=O)c2cc3n(n2)CCCC3)CC1. The van der Waals surface area contributed by atoms with E-state index in [0.29, 0.717) is 31.9 Å². The Morgan fingerprint density at radius 1 is 1.09 bits per heavy atom. The highest BCUT2D eigenvalue weighted by molar-refractivity contribution is 5.93. The summed E-state index contributed by atoms with van der Waals surface area (Å²) in [5.74, 6) is 0.00656. The zero-order valence-electron chi connectivity index (χ0n) is 13.0. The molecule has 3 heterocycles. The van der Waals surface area contributed by atoms with Gasteiger partial charge in [0, 0.05) is 38.4 Å². The molecule has 0 radical (unpaired) electrons. The van der Waals surface area contributed by atoms with E-state index in [1.165, 1.54) is 6.42 Å². The van der Waals surface area contributed by atoms with Crippen LogP contribution in [0.1, 0.15) is 35.9 Å². The van der Waals surface area contributed by atoms with Crippen molar-refractivity contribution >= 4 is 11.8 Å². The molecule has 0 aliphatic carbocycles. The fourth-order valence-electron chi connectivity index (χ4n) is 3.06. The smallest absolute Gasteiger partial charge is 0.274 e. The predicted molar refractivity (Wildman–Crippen MR) is 82.5 cm³/mol. The van der Waals surface area contributed by atoms with Crippen LogP contribution < -0.4 is 0 Å². The Morgan fingerprint density at radius 2 is 1.82 bits per heavy atom. The first kappa shape index (κ1) is 14.8. The number of nitrogens with zero attached hydrogens (tertiary/aromatic N) is 4. The van der Waals surface area contributed by atoms with Crippen molar-refractivity contribution in [1.82, 2.24) is 19.6 Å². The fourth-order valence-corrected chi connectivity index (χ4v) is 3.06. The van der Waals surface area contributed by atoms with Crippen LogP contribution in [0.4, 0.5) is 0 Å². The summed E-state index contributed by atoms with van der Waals surface area (Å²) in [5, 5.41) is 4.44. The van der Waals surface area contributed by atoms with Crippen LogP contribution in [-0.4, -0.2) is 57.6 Å². The Morgan fingerprint density at radius 3 is 2.50 bits per heavy atom. The quantitative estimate of drug-likeness (QED) is 0.768. The summed E-state index contributed by atoms with van der Waals surface area (Å²) in [6, 6.07) is 1.93. The first-order valence-electron chi connectivity index (χ1n) is 7.96. The molecule has 0 bridgehead atoms. The van der Waals surface area contributed by atoms with Crippen LogP contribution in [0.15, 0.2) is 18.2 Å². The molecule has 1 saturated heterocycles. The number of carbonyl (C=O) groups is 2. The van der Waals surface area contributed by atoms with Gasteiger partial charge in [0.15, 0.2) is 5.69 Å². The second-order valence-electron chi connectivity index (χ2n) is 5.82. The van der Waals surface area contributed by atoms with E-state index in [0.717, 1.165) is 25.1 Å². The molecule has 2 aliphatic rings. The lowest BCUT2D eigenvalue weighted by molar-refractivity contribution is -0.127. The summed E-state index contributed by atoms with van der Waals surface area (Å²) < 4.78 is 1.96. The van der Waals surface area contributed by atoms with E-state index >= 15 is 0 Å². The van der Waals surface area contributed by atoms with Gasteiger partial charge >= 0.3 is 0 Å². The number of amides is 2. The Balaban J connectivity index is 1.62. The monoisotopic (exact) mass is 302 g/mol. The van der Waals surface area contributed by atoms with Crippen molar-refractivity contribution in [3.8, 4) is 0 Å². The topological polar surface area (TPSA) is 58.4 Å². The molecule has 0 aromatic carbocycles. The van der Waals surface area contributed by atoms with Gasteiger partial charge < -0.3 is 9.80 Å². The molecule has 0 atom stereocenters. The van der Waals surface area contributed by atoms with Crippen LogP contribution >= 0.6 is 0 Å². The van der Waals surface area contributed by atoms with E-state index in [9.17, 15) is 9.59 Å². The summed E-state index contributed by atoms with van der Waals surface area (Å²) in [5.41, 5.74) is 1.71. The summed E-state index contributed by atoms with van der Waals surface area (Å²) in [7, 11) is 0. The largest absolute Gasteiger partial charge is 0.336 e. The number of fused-ring (bicyclic) bond motifs is 1. The van der Waals surface area contributed by atoms with Crippen LogP contribution in [0.25, 0.3) is 0 Å². The molecule has 0 spiro atoms. The number of aryl methyl sites for hydroxylation is 2. The van der Waals surface area contributed by atoms with E-state index in [2.05, 4.69) is 5.10 Å². The third-order valence-electron chi connectivity index (χ3n) is 4.32. The van der Waals surface area contributed by atoms with Gasteiger partial charge in [-0.2, -0.15) is 5.10 Å². The maximum absolute atomic E-state index is 12.6. The standard InChI is InChI=1S/C16H22N4O2/c1-2-5-15(21)18-8-10-19(11-9-18)16(22)14-12-13-6-3-4-7-20(13)17-14/h2,5,12H,3-4,6-11H2,1H3/b5-2+. The molecule has 1 aromatic rings. The molecule has 22 heavy (non-hydrogen) atoms. The zero-order chi connectivity index (χ0) is 15.5. The van der Waals surface area contributed by atoms with E-state index < -0.39 is 0 Å². The van der Waals surface area contributed by atoms with Gasteiger partial charge in [-0.3, -0.25) is 14.3 Å². The van der Waals surface area contributed by atoms with Crippen molar-refractivity contribution in [2.75, 3.05) is 26.2 Å². The van der Waals surface area contributed by atoms with Gasteiger partial charge in [-0.05, 0) is 38.3 Å². The molecule has 2 aliphatic heterocycles. The van der Waals surface area contributed by atoms with Crippen molar-refractivity contribution in [3.05, 3.63) is 29.6 Å². The summed E-state index contributed by atoms with van der Waals surface area (Å²) in [4.78, 5) is 27.9. The normalized spacial score (nSPS) is 18.6. The molecule has 1 aromatic heterocycles. The zero-order valence-corrected chi connectivity index (χ0v) is 13.0. The number of aromatic nitrogens is 2. The van der Waals surface area contributed by atoms with Crippen molar-refractivity contribution in [2.24, 2.45) is 0 Å². The Hall–Kier alpha value is -2.11. The van der Waals surface area contributed by atoms with Gasteiger partial charge in [-0.1, -0.05) is 6.08 Å². The third-order valence-corrected chi connectivity index (χ3v) is 4.32. The van der Waals surface area contributed by atoms with Gasteiger partial charge in [0.05, 0.1) is 0 Å². The van der Waals surface area contributed by atoms with Crippen molar-refractivity contribution in [2.45, 2.75) is 32.7 Å². The molecule has 6 nitrogen and oxygen atoms in total. The average molecular weight is 302 g/mol. The minimum atomic E-state index is -0.0139. The first-order chi connectivity index (χ1) is 10.7. The lowest BCUT2D eigenvalue weighted by Crippen LogP contribution is -2.50. The summed E-state index contributed by atoms with van der Waals surface area (Å²) in [6.45, 7) is 5.06. The maximum atomic E-state index is 12.6. The van der Waals surface area contributed by atoms with Gasteiger partial charge in [0.25, 0.3) is 5.91 Å². The summed E-state index contributed by atoms with van der Waals surface area (Å²) >= 11 is 0. The highest BCUT2D eigenvalue weighted by atomic mass is 16.2. The molecular weight excluding hydrogens is 280 g/mol. The molecule has 1 fully saturated rings. The number of hydrogen-bond acceptors (Lipinski definition) is 3. The van der Waals surface area contributed by atoms with E-state index in [-0.39, 0.29) is 11.8 Å².